The third kappa shape index (κ3) is 5.53. The molecule has 0 atom stereocenters. The highest BCUT2D eigenvalue weighted by Gasteiger charge is 2.18. The summed E-state index contributed by atoms with van der Waals surface area (Å²) < 4.78 is 14.4. The van der Waals surface area contributed by atoms with Crippen molar-refractivity contribution in [1.82, 2.24) is 19.7 Å². The zero-order valence-electron chi connectivity index (χ0n) is 18.9. The molecule has 0 saturated heterocycles. The normalized spacial score (nSPS) is 12.2. The Bertz CT molecular complexity index is 1360. The number of halogens is 1. The van der Waals surface area contributed by atoms with Gasteiger partial charge in [0.1, 0.15) is 12.2 Å². The summed E-state index contributed by atoms with van der Waals surface area (Å²) >= 11 is 6.34. The average molecular weight is 485 g/mol. The van der Waals surface area contributed by atoms with Crippen LogP contribution in [-0.2, 0) is 11.1 Å². The Kier molecular flexibility index (Phi) is 6.18. The minimum atomic E-state index is -2.50. The summed E-state index contributed by atoms with van der Waals surface area (Å²) in [5.74, 6) is 0.756. The highest BCUT2D eigenvalue weighted by Crippen LogP contribution is 2.38. The molecule has 172 valence electrons. The largest absolute Gasteiger partial charge is 0.389 e. The molecule has 0 aliphatic carbocycles. The molecule has 3 N–H and O–H groups in total. The van der Waals surface area contributed by atoms with Crippen LogP contribution in [0.1, 0.15) is 13.8 Å². The average Bonchev–Trinajstić information content (AvgIpc) is 3.10. The molecule has 33 heavy (non-hydrogen) atoms. The van der Waals surface area contributed by atoms with Gasteiger partial charge in [0.05, 0.1) is 35.7 Å². The fourth-order valence-electron chi connectivity index (χ4n) is 3.46. The van der Waals surface area contributed by atoms with Crippen LogP contribution in [0.2, 0.25) is 5.02 Å². The predicted octanol–water partition coefficient (Wildman–Crippen LogP) is 4.99. The van der Waals surface area contributed by atoms with Gasteiger partial charge < -0.3 is 20.3 Å². The van der Waals surface area contributed by atoms with E-state index in [2.05, 4.69) is 25.7 Å². The van der Waals surface area contributed by atoms with Crippen LogP contribution in [-0.4, -0.2) is 43.8 Å². The van der Waals surface area contributed by atoms with Crippen LogP contribution in [0.3, 0.4) is 0 Å². The smallest absolute Gasteiger partial charge is 0.229 e. The second-order valence-corrected chi connectivity index (χ2v) is 12.5. The van der Waals surface area contributed by atoms with Gasteiger partial charge in [-0.25, -0.2) is 4.98 Å². The fraction of sp³-hybridized carbons (Fsp3) is 0.261. The number of aliphatic hydroxyl groups is 1. The lowest BCUT2D eigenvalue weighted by atomic mass is 10.1. The maximum Gasteiger partial charge on any atom is 0.229 e. The lowest BCUT2D eigenvalue weighted by molar-refractivity contribution is 0.0591. The van der Waals surface area contributed by atoms with Gasteiger partial charge in [-0.15, -0.1) is 0 Å². The first-order valence-electron chi connectivity index (χ1n) is 10.4. The zero-order valence-corrected chi connectivity index (χ0v) is 20.5. The van der Waals surface area contributed by atoms with Gasteiger partial charge >= 0.3 is 0 Å². The molecule has 0 radical (unpaired) electrons. The van der Waals surface area contributed by atoms with Crippen LogP contribution >= 0.6 is 18.7 Å². The topological polar surface area (TPSA) is 105 Å². The number of para-hydroxylation sites is 1. The van der Waals surface area contributed by atoms with E-state index >= 15 is 0 Å². The van der Waals surface area contributed by atoms with E-state index in [1.807, 2.05) is 42.5 Å². The molecule has 0 saturated carbocycles. The molecule has 0 spiro atoms. The minimum Gasteiger partial charge on any atom is -0.389 e. The van der Waals surface area contributed by atoms with Crippen LogP contribution in [0.5, 0.6) is 0 Å². The third-order valence-corrected chi connectivity index (χ3v) is 6.75. The molecule has 0 bridgehead atoms. The van der Waals surface area contributed by atoms with Crippen molar-refractivity contribution in [2.75, 3.05) is 24.0 Å². The Morgan fingerprint density at radius 1 is 1.12 bits per heavy atom. The van der Waals surface area contributed by atoms with Crippen molar-refractivity contribution in [2.24, 2.45) is 0 Å². The Morgan fingerprint density at radius 2 is 1.88 bits per heavy atom. The van der Waals surface area contributed by atoms with E-state index in [4.69, 9.17) is 11.6 Å². The summed E-state index contributed by atoms with van der Waals surface area (Å²) in [5.41, 5.74) is 1.44. The summed E-state index contributed by atoms with van der Waals surface area (Å²) in [7, 11) is -2.50. The molecule has 2 heterocycles. The molecule has 2 aromatic carbocycles. The number of benzene rings is 2. The van der Waals surface area contributed by atoms with Gasteiger partial charge in [-0.1, -0.05) is 23.7 Å². The maximum absolute atomic E-state index is 12.7. The molecule has 0 aliphatic rings. The van der Waals surface area contributed by atoms with Gasteiger partial charge in [0.2, 0.25) is 5.95 Å². The predicted molar refractivity (Wildman–Crippen MR) is 135 cm³/mol. The summed E-state index contributed by atoms with van der Waals surface area (Å²) in [5, 5.41) is 23.0. The Labute approximate surface area is 197 Å². The second-order valence-electron chi connectivity index (χ2n) is 8.90. The van der Waals surface area contributed by atoms with Crippen molar-refractivity contribution < 1.29 is 9.67 Å². The van der Waals surface area contributed by atoms with Crippen molar-refractivity contribution in [3.05, 3.63) is 59.9 Å². The van der Waals surface area contributed by atoms with Gasteiger partial charge in [-0.3, -0.25) is 4.68 Å². The van der Waals surface area contributed by atoms with E-state index in [-0.39, 0.29) is 0 Å². The highest BCUT2D eigenvalue weighted by atomic mass is 35.5. The number of nitrogens with one attached hydrogen (secondary N) is 2. The standard InChI is InChI=1S/C23H26ClN6O2P/c1-23(2,31)14-30-19-11-16(10-9-15(19)12-26-30)27-22-25-13-17(24)21(29-22)28-18-7-5-6-8-20(18)33(3,4)32/h5-13,31H,14H2,1-4H3,(H2,25,27,28,29). The Hall–Kier alpha value is -2.93. The molecule has 4 aromatic rings. The summed E-state index contributed by atoms with van der Waals surface area (Å²) in [6, 6.07) is 13.2. The minimum absolute atomic E-state index is 0.344. The van der Waals surface area contributed by atoms with Crippen LogP contribution in [0.15, 0.2) is 54.9 Å². The summed E-state index contributed by atoms with van der Waals surface area (Å²) in [4.78, 5) is 8.80. The number of hydrogen-bond donors (Lipinski definition) is 3. The van der Waals surface area contributed by atoms with E-state index in [9.17, 15) is 9.67 Å². The van der Waals surface area contributed by atoms with Crippen LogP contribution in [0.25, 0.3) is 10.9 Å². The van der Waals surface area contributed by atoms with Crippen molar-refractivity contribution in [2.45, 2.75) is 26.0 Å². The SMILES string of the molecule is CC(C)(O)Cn1ncc2ccc(Nc3ncc(Cl)c(Nc4ccccc4P(C)(C)=O)n3)cc21. The first-order chi connectivity index (χ1) is 15.5. The van der Waals surface area contributed by atoms with Gasteiger partial charge in [0.25, 0.3) is 0 Å². The van der Waals surface area contributed by atoms with Crippen molar-refractivity contribution in [3.8, 4) is 0 Å². The van der Waals surface area contributed by atoms with E-state index in [0.717, 1.165) is 21.9 Å². The number of hydrogen-bond acceptors (Lipinski definition) is 7. The molecule has 10 heteroatoms. The molecular weight excluding hydrogens is 459 g/mol. The zero-order chi connectivity index (χ0) is 23.8. The second kappa shape index (κ2) is 8.78. The monoisotopic (exact) mass is 484 g/mol. The van der Waals surface area contributed by atoms with Crippen LogP contribution < -0.4 is 15.9 Å². The number of fused-ring (bicyclic) bond motifs is 1. The molecule has 0 unspecified atom stereocenters. The highest BCUT2D eigenvalue weighted by molar-refractivity contribution is 7.70. The number of nitrogens with zero attached hydrogens (tertiary/aromatic N) is 4. The van der Waals surface area contributed by atoms with Crippen molar-refractivity contribution in [3.63, 3.8) is 0 Å². The van der Waals surface area contributed by atoms with Crippen molar-refractivity contribution in [1.29, 1.82) is 0 Å². The maximum atomic E-state index is 12.7. The molecular formula is C23H26ClN6O2P. The lowest BCUT2D eigenvalue weighted by Crippen LogP contribution is -2.26. The number of aromatic nitrogens is 4. The molecule has 0 aliphatic heterocycles. The Morgan fingerprint density at radius 3 is 2.61 bits per heavy atom. The lowest BCUT2D eigenvalue weighted by Gasteiger charge is -2.17. The van der Waals surface area contributed by atoms with Crippen LogP contribution in [0.4, 0.5) is 23.1 Å². The summed E-state index contributed by atoms with van der Waals surface area (Å²) in [6.45, 7) is 7.30. The molecule has 4 rings (SSSR count). The van der Waals surface area contributed by atoms with E-state index < -0.39 is 12.7 Å². The van der Waals surface area contributed by atoms with Gasteiger partial charge in [-0.2, -0.15) is 10.1 Å². The molecule has 0 fully saturated rings. The van der Waals surface area contributed by atoms with Gasteiger partial charge in [0, 0.05) is 16.4 Å². The van der Waals surface area contributed by atoms with E-state index in [0.29, 0.717) is 29.0 Å². The van der Waals surface area contributed by atoms with Crippen LogP contribution in [0, 0.1) is 0 Å². The van der Waals surface area contributed by atoms with Crippen molar-refractivity contribution >= 4 is 58.1 Å². The van der Waals surface area contributed by atoms with Gasteiger partial charge in [0.15, 0.2) is 5.82 Å². The molecule has 2 aromatic heterocycles. The quantitative estimate of drug-likeness (QED) is 0.317. The Balaban J connectivity index is 1.62. The van der Waals surface area contributed by atoms with E-state index in [1.165, 1.54) is 6.20 Å². The first-order valence-corrected chi connectivity index (χ1v) is 13.4. The summed E-state index contributed by atoms with van der Waals surface area (Å²) in [6.07, 6.45) is 3.28. The fourth-order valence-corrected chi connectivity index (χ4v) is 4.76. The first kappa shape index (κ1) is 23.2. The molecule has 0 amide bonds. The third-order valence-electron chi connectivity index (χ3n) is 4.92. The molecule has 8 nitrogen and oxygen atoms in total. The number of anilines is 4. The van der Waals surface area contributed by atoms with Gasteiger partial charge in [-0.05, 0) is 57.5 Å². The van der Waals surface area contributed by atoms with E-state index in [1.54, 1.807) is 38.1 Å². The number of rotatable bonds is 7.